The fraction of sp³-hybridized carbons (Fsp3) is 0.333. The normalized spacial score (nSPS) is 10.8. The molecule has 0 bridgehead atoms. The van der Waals surface area contributed by atoms with Crippen molar-refractivity contribution in [2.75, 3.05) is 6.61 Å². The molecule has 0 saturated heterocycles. The van der Waals surface area contributed by atoms with Crippen molar-refractivity contribution in [1.29, 1.82) is 0 Å². The highest BCUT2D eigenvalue weighted by atomic mass is 16.5. The average molecular weight is 373 g/mol. The Morgan fingerprint density at radius 1 is 0.536 bits per heavy atom. The van der Waals surface area contributed by atoms with Crippen LogP contribution in [0.3, 0.4) is 0 Å². The Hall–Kier alpha value is -2.54. The number of aryl methyl sites for hydroxylation is 1. The second-order valence-electron chi connectivity index (χ2n) is 7.46. The Labute approximate surface area is 170 Å². The van der Waals surface area contributed by atoms with E-state index in [1.165, 1.54) is 53.5 Å². The first kappa shape index (κ1) is 20.2. The van der Waals surface area contributed by atoms with E-state index in [1.807, 2.05) is 0 Å². The van der Waals surface area contributed by atoms with E-state index in [-0.39, 0.29) is 0 Å². The second-order valence-corrected chi connectivity index (χ2v) is 7.46. The van der Waals surface area contributed by atoms with Crippen LogP contribution < -0.4 is 4.74 Å². The molecule has 0 aliphatic carbocycles. The summed E-state index contributed by atoms with van der Waals surface area (Å²) in [6.07, 6.45) is 7.32. The van der Waals surface area contributed by atoms with E-state index in [0.717, 1.165) is 25.2 Å². The molecule has 3 aromatic rings. The third-order valence-corrected chi connectivity index (χ3v) is 5.20. The standard InChI is InChI=1S/C27H32O/c1-3-5-7-8-22-9-11-23(12-10-22)24-13-15-25(16-14-24)26-17-19-27(20-18-26)28-21-6-4-2/h9-20H,3-8,21H2,1-2H3. The highest BCUT2D eigenvalue weighted by Gasteiger charge is 2.02. The van der Waals surface area contributed by atoms with Gasteiger partial charge in [-0.05, 0) is 59.2 Å². The van der Waals surface area contributed by atoms with Crippen LogP contribution in [0, 0.1) is 0 Å². The first-order valence-electron chi connectivity index (χ1n) is 10.7. The number of ether oxygens (including phenoxy) is 1. The molecule has 0 aliphatic heterocycles. The van der Waals surface area contributed by atoms with E-state index in [2.05, 4.69) is 86.6 Å². The van der Waals surface area contributed by atoms with E-state index in [4.69, 9.17) is 4.74 Å². The predicted octanol–water partition coefficient (Wildman–Crippen LogP) is 7.93. The molecule has 0 saturated carbocycles. The molecule has 0 unspecified atom stereocenters. The van der Waals surface area contributed by atoms with Gasteiger partial charge >= 0.3 is 0 Å². The molecular formula is C27H32O. The molecular weight excluding hydrogens is 340 g/mol. The first-order valence-corrected chi connectivity index (χ1v) is 10.7. The van der Waals surface area contributed by atoms with Gasteiger partial charge in [0.2, 0.25) is 0 Å². The molecule has 0 amide bonds. The van der Waals surface area contributed by atoms with Crippen LogP contribution in [-0.2, 0) is 6.42 Å². The molecule has 0 spiro atoms. The summed E-state index contributed by atoms with van der Waals surface area (Å²) in [7, 11) is 0. The van der Waals surface area contributed by atoms with Crippen molar-refractivity contribution in [1.82, 2.24) is 0 Å². The minimum absolute atomic E-state index is 0.794. The molecule has 146 valence electrons. The topological polar surface area (TPSA) is 9.23 Å². The predicted molar refractivity (Wildman–Crippen MR) is 121 cm³/mol. The van der Waals surface area contributed by atoms with Crippen molar-refractivity contribution >= 4 is 0 Å². The van der Waals surface area contributed by atoms with Gasteiger partial charge in [-0.25, -0.2) is 0 Å². The van der Waals surface area contributed by atoms with Gasteiger partial charge in [0.25, 0.3) is 0 Å². The molecule has 0 aromatic heterocycles. The molecule has 0 heterocycles. The maximum absolute atomic E-state index is 5.75. The summed E-state index contributed by atoms with van der Waals surface area (Å²) < 4.78 is 5.75. The Kier molecular flexibility index (Phi) is 7.72. The van der Waals surface area contributed by atoms with Crippen molar-refractivity contribution in [2.45, 2.75) is 52.4 Å². The maximum atomic E-state index is 5.75. The van der Waals surface area contributed by atoms with E-state index in [1.54, 1.807) is 0 Å². The van der Waals surface area contributed by atoms with Crippen LogP contribution in [0.1, 0.15) is 51.5 Å². The minimum Gasteiger partial charge on any atom is -0.494 e. The van der Waals surface area contributed by atoms with Crippen molar-refractivity contribution in [2.24, 2.45) is 0 Å². The third-order valence-electron chi connectivity index (χ3n) is 5.20. The number of benzene rings is 3. The summed E-state index contributed by atoms with van der Waals surface area (Å²) in [6, 6.07) is 26.3. The smallest absolute Gasteiger partial charge is 0.119 e. The molecule has 3 aromatic carbocycles. The average Bonchev–Trinajstić information content (AvgIpc) is 2.75. The van der Waals surface area contributed by atoms with Crippen molar-refractivity contribution in [3.8, 4) is 28.0 Å². The van der Waals surface area contributed by atoms with Gasteiger partial charge in [-0.15, -0.1) is 0 Å². The summed E-state index contributed by atoms with van der Waals surface area (Å²) >= 11 is 0. The van der Waals surface area contributed by atoms with Crippen LogP contribution in [-0.4, -0.2) is 6.61 Å². The summed E-state index contributed by atoms with van der Waals surface area (Å²) in [5.74, 6) is 0.952. The zero-order chi connectivity index (χ0) is 19.6. The number of unbranched alkanes of at least 4 members (excludes halogenated alkanes) is 3. The maximum Gasteiger partial charge on any atom is 0.119 e. The molecule has 0 aliphatic rings. The highest BCUT2D eigenvalue weighted by molar-refractivity contribution is 5.70. The van der Waals surface area contributed by atoms with Gasteiger partial charge in [0.05, 0.1) is 6.61 Å². The molecule has 0 radical (unpaired) electrons. The molecule has 0 atom stereocenters. The van der Waals surface area contributed by atoms with Gasteiger partial charge in [0.1, 0.15) is 5.75 Å². The van der Waals surface area contributed by atoms with Gasteiger partial charge < -0.3 is 4.74 Å². The highest BCUT2D eigenvalue weighted by Crippen LogP contribution is 2.27. The fourth-order valence-electron chi connectivity index (χ4n) is 3.38. The van der Waals surface area contributed by atoms with Gasteiger partial charge in [-0.2, -0.15) is 0 Å². The van der Waals surface area contributed by atoms with Crippen molar-refractivity contribution < 1.29 is 4.74 Å². The van der Waals surface area contributed by atoms with Crippen LogP contribution >= 0.6 is 0 Å². The Morgan fingerprint density at radius 3 is 1.50 bits per heavy atom. The van der Waals surface area contributed by atoms with Gasteiger partial charge in [-0.1, -0.05) is 93.8 Å². The van der Waals surface area contributed by atoms with Crippen LogP contribution in [0.2, 0.25) is 0 Å². The third kappa shape index (κ3) is 5.73. The number of hydrogen-bond donors (Lipinski definition) is 0. The summed E-state index contributed by atoms with van der Waals surface area (Å²) in [5, 5.41) is 0. The minimum atomic E-state index is 0.794. The SMILES string of the molecule is CCCCCc1ccc(-c2ccc(-c3ccc(OCCCC)cc3)cc2)cc1. The molecule has 0 fully saturated rings. The summed E-state index contributed by atoms with van der Waals surface area (Å²) in [5.41, 5.74) is 6.45. The van der Waals surface area contributed by atoms with Crippen LogP contribution in [0.5, 0.6) is 5.75 Å². The monoisotopic (exact) mass is 372 g/mol. The van der Waals surface area contributed by atoms with Gasteiger partial charge in [0, 0.05) is 0 Å². The Bertz CT molecular complexity index is 741. The fourth-order valence-corrected chi connectivity index (χ4v) is 3.38. The lowest BCUT2D eigenvalue weighted by atomic mass is 9.98. The van der Waals surface area contributed by atoms with Crippen molar-refractivity contribution in [3.05, 3.63) is 78.4 Å². The van der Waals surface area contributed by atoms with E-state index in [0.29, 0.717) is 0 Å². The van der Waals surface area contributed by atoms with E-state index < -0.39 is 0 Å². The van der Waals surface area contributed by atoms with Crippen LogP contribution in [0.15, 0.2) is 72.8 Å². The van der Waals surface area contributed by atoms with Gasteiger partial charge in [-0.3, -0.25) is 0 Å². The molecule has 1 heteroatoms. The number of rotatable bonds is 10. The lowest BCUT2D eigenvalue weighted by Gasteiger charge is -2.08. The number of hydrogen-bond acceptors (Lipinski definition) is 1. The summed E-state index contributed by atoms with van der Waals surface area (Å²) in [4.78, 5) is 0. The quantitative estimate of drug-likeness (QED) is 0.328. The van der Waals surface area contributed by atoms with E-state index in [9.17, 15) is 0 Å². The molecule has 3 rings (SSSR count). The first-order chi connectivity index (χ1) is 13.8. The van der Waals surface area contributed by atoms with Gasteiger partial charge in [0.15, 0.2) is 0 Å². The lowest BCUT2D eigenvalue weighted by Crippen LogP contribution is -1.95. The lowest BCUT2D eigenvalue weighted by molar-refractivity contribution is 0.309. The van der Waals surface area contributed by atoms with E-state index >= 15 is 0 Å². The Morgan fingerprint density at radius 2 is 1.00 bits per heavy atom. The van der Waals surface area contributed by atoms with Crippen LogP contribution in [0.4, 0.5) is 0 Å². The molecule has 28 heavy (non-hydrogen) atoms. The summed E-state index contributed by atoms with van der Waals surface area (Å²) in [6.45, 7) is 5.22. The second kappa shape index (κ2) is 10.7. The zero-order valence-corrected chi connectivity index (χ0v) is 17.3. The largest absolute Gasteiger partial charge is 0.494 e. The zero-order valence-electron chi connectivity index (χ0n) is 17.3. The molecule has 1 nitrogen and oxygen atoms in total. The Balaban J connectivity index is 1.63. The van der Waals surface area contributed by atoms with Crippen LogP contribution in [0.25, 0.3) is 22.3 Å². The molecule has 0 N–H and O–H groups in total. The van der Waals surface area contributed by atoms with Crippen molar-refractivity contribution in [3.63, 3.8) is 0 Å².